The number of aromatic amines is 1. The highest BCUT2D eigenvalue weighted by Gasteiger charge is 2.28. The molecule has 0 spiro atoms. The fourth-order valence-electron chi connectivity index (χ4n) is 4.32. The van der Waals surface area contributed by atoms with E-state index < -0.39 is 0 Å². The maximum absolute atomic E-state index is 12.4. The van der Waals surface area contributed by atoms with Crippen molar-refractivity contribution in [2.24, 2.45) is 0 Å². The van der Waals surface area contributed by atoms with Gasteiger partial charge in [0, 0.05) is 56.1 Å². The van der Waals surface area contributed by atoms with Crippen LogP contribution in [-0.2, 0) is 17.9 Å². The summed E-state index contributed by atoms with van der Waals surface area (Å²) in [6, 6.07) is 12.1. The molecule has 3 aromatic rings. The number of nitrogens with zero attached hydrogens (tertiary/aromatic N) is 4. The highest BCUT2D eigenvalue weighted by Crippen LogP contribution is 2.27. The van der Waals surface area contributed by atoms with E-state index in [4.69, 9.17) is 4.74 Å². The van der Waals surface area contributed by atoms with Gasteiger partial charge < -0.3 is 9.64 Å². The Bertz CT molecular complexity index is 1000. The van der Waals surface area contributed by atoms with Crippen LogP contribution < -0.4 is 4.74 Å². The Morgan fingerprint density at radius 1 is 1.29 bits per heavy atom. The molecule has 0 aliphatic carbocycles. The van der Waals surface area contributed by atoms with E-state index >= 15 is 0 Å². The smallest absolute Gasteiger partial charge is 0.220 e. The van der Waals surface area contributed by atoms with Gasteiger partial charge in [0.2, 0.25) is 5.91 Å². The number of nitrogens with one attached hydrogen (secondary N) is 1. The van der Waals surface area contributed by atoms with E-state index in [0.717, 1.165) is 60.6 Å². The van der Waals surface area contributed by atoms with Crippen LogP contribution in [0.15, 0.2) is 55.0 Å². The van der Waals surface area contributed by atoms with Crippen molar-refractivity contribution in [2.45, 2.75) is 38.9 Å². The van der Waals surface area contributed by atoms with Gasteiger partial charge in [-0.1, -0.05) is 18.2 Å². The zero-order valence-electron chi connectivity index (χ0n) is 18.1. The maximum atomic E-state index is 12.4. The number of hydrogen-bond acceptors (Lipinski definition) is 5. The van der Waals surface area contributed by atoms with Gasteiger partial charge in [0.15, 0.2) is 0 Å². The molecule has 1 aromatic carbocycles. The number of carbonyl (C=O) groups excluding carboxylic acids is 1. The molecule has 31 heavy (non-hydrogen) atoms. The second-order valence-corrected chi connectivity index (χ2v) is 8.04. The number of H-pyrrole nitrogens is 1. The van der Waals surface area contributed by atoms with Crippen LogP contribution in [0, 0.1) is 0 Å². The Hall–Kier alpha value is -3.19. The lowest BCUT2D eigenvalue weighted by molar-refractivity contribution is -0.133. The minimum atomic E-state index is 0.107. The van der Waals surface area contributed by atoms with Gasteiger partial charge in [-0.25, -0.2) is 0 Å². The van der Waals surface area contributed by atoms with Gasteiger partial charge >= 0.3 is 0 Å². The number of rotatable bonds is 7. The summed E-state index contributed by atoms with van der Waals surface area (Å²) in [5.74, 6) is 0.930. The van der Waals surface area contributed by atoms with Gasteiger partial charge in [0.05, 0.1) is 19.0 Å². The summed E-state index contributed by atoms with van der Waals surface area (Å²) in [6.07, 6.45) is 7.58. The Labute approximate surface area is 183 Å². The molecule has 1 atom stereocenters. The molecule has 1 aliphatic heterocycles. The van der Waals surface area contributed by atoms with Crippen LogP contribution >= 0.6 is 0 Å². The van der Waals surface area contributed by atoms with Gasteiger partial charge in [-0.2, -0.15) is 5.10 Å². The number of aromatic nitrogens is 3. The lowest BCUT2D eigenvalue weighted by atomic mass is 10.0. The molecule has 1 N–H and O–H groups in total. The minimum absolute atomic E-state index is 0.107. The van der Waals surface area contributed by atoms with Crippen LogP contribution in [0.25, 0.3) is 11.3 Å². The first kappa shape index (κ1) is 21.1. The molecule has 1 fully saturated rings. The fraction of sp³-hybridized carbons (Fsp3) is 0.375. The number of carbonyl (C=O) groups is 1. The normalized spacial score (nSPS) is 16.8. The number of benzene rings is 1. The molecule has 162 valence electrons. The third kappa shape index (κ3) is 5.11. The summed E-state index contributed by atoms with van der Waals surface area (Å²) in [5, 5.41) is 7.44. The van der Waals surface area contributed by atoms with E-state index in [9.17, 15) is 4.79 Å². The molecule has 4 rings (SSSR count). The minimum Gasteiger partial charge on any atom is -0.497 e. The van der Waals surface area contributed by atoms with Gasteiger partial charge in [-0.15, -0.1) is 0 Å². The summed E-state index contributed by atoms with van der Waals surface area (Å²) in [7, 11) is 1.67. The van der Waals surface area contributed by atoms with Gasteiger partial charge in [-0.3, -0.25) is 19.8 Å². The summed E-state index contributed by atoms with van der Waals surface area (Å²) >= 11 is 0. The van der Waals surface area contributed by atoms with Crippen LogP contribution in [0.4, 0.5) is 0 Å². The SMILES string of the molecule is COc1cccc(-c2[nH]ncc2CN2CCCC(N(Cc3cccnc3)C(C)=O)C2)c1. The average Bonchev–Trinajstić information content (AvgIpc) is 3.26. The second-order valence-electron chi connectivity index (χ2n) is 8.04. The standard InChI is InChI=1S/C24H29N5O2/c1-18(30)29(15-19-6-4-10-25-13-19)22-8-5-11-28(17-22)16-21-14-26-27-24(21)20-7-3-9-23(12-20)31-2/h3-4,6-7,9-10,12-14,22H,5,8,11,15-17H2,1-2H3,(H,26,27). The van der Waals surface area contributed by atoms with Crippen molar-refractivity contribution in [1.82, 2.24) is 25.0 Å². The first-order valence-electron chi connectivity index (χ1n) is 10.7. The Morgan fingerprint density at radius 2 is 2.19 bits per heavy atom. The highest BCUT2D eigenvalue weighted by atomic mass is 16.5. The Balaban J connectivity index is 1.47. The van der Waals surface area contributed by atoms with Crippen LogP contribution in [0.1, 0.15) is 30.9 Å². The lowest BCUT2D eigenvalue weighted by Gasteiger charge is -2.39. The highest BCUT2D eigenvalue weighted by molar-refractivity contribution is 5.73. The first-order chi connectivity index (χ1) is 15.1. The molecule has 1 aliphatic rings. The van der Waals surface area contributed by atoms with Crippen molar-refractivity contribution in [2.75, 3.05) is 20.2 Å². The van der Waals surface area contributed by atoms with Crippen LogP contribution in [0.5, 0.6) is 5.75 Å². The first-order valence-corrected chi connectivity index (χ1v) is 10.7. The molecule has 1 saturated heterocycles. The summed E-state index contributed by atoms with van der Waals surface area (Å²) < 4.78 is 5.37. The van der Waals surface area contributed by atoms with Gasteiger partial charge in [0.25, 0.3) is 0 Å². The third-order valence-corrected chi connectivity index (χ3v) is 5.87. The van der Waals surface area contributed by atoms with E-state index in [1.807, 2.05) is 47.6 Å². The van der Waals surface area contributed by atoms with Crippen LogP contribution in [-0.4, -0.2) is 57.1 Å². The van der Waals surface area contributed by atoms with Crippen LogP contribution in [0.2, 0.25) is 0 Å². The average molecular weight is 420 g/mol. The number of ether oxygens (including phenoxy) is 1. The third-order valence-electron chi connectivity index (χ3n) is 5.87. The molecule has 7 nitrogen and oxygen atoms in total. The number of pyridine rings is 1. The predicted octanol–water partition coefficient (Wildman–Crippen LogP) is 3.49. The molecule has 0 bridgehead atoms. The Morgan fingerprint density at radius 3 is 2.97 bits per heavy atom. The van der Waals surface area contributed by atoms with E-state index in [-0.39, 0.29) is 11.9 Å². The van der Waals surface area contributed by atoms with Gasteiger partial charge in [0.1, 0.15) is 5.75 Å². The lowest BCUT2D eigenvalue weighted by Crippen LogP contribution is -2.49. The molecule has 2 aromatic heterocycles. The van der Waals surface area contributed by atoms with Crippen molar-refractivity contribution in [3.8, 4) is 17.0 Å². The van der Waals surface area contributed by atoms with E-state index in [2.05, 4.69) is 26.1 Å². The molecule has 7 heteroatoms. The quantitative estimate of drug-likeness (QED) is 0.635. The fourth-order valence-corrected chi connectivity index (χ4v) is 4.32. The molecule has 0 saturated carbocycles. The molecular weight excluding hydrogens is 390 g/mol. The summed E-state index contributed by atoms with van der Waals surface area (Å²) in [6.45, 7) is 4.91. The predicted molar refractivity (Wildman–Crippen MR) is 119 cm³/mol. The van der Waals surface area contributed by atoms with Crippen molar-refractivity contribution in [3.05, 3.63) is 66.1 Å². The number of likely N-dealkylation sites (tertiary alicyclic amines) is 1. The Kier molecular flexibility index (Phi) is 6.62. The number of piperidine rings is 1. The zero-order chi connectivity index (χ0) is 21.6. The van der Waals surface area contributed by atoms with Crippen molar-refractivity contribution in [3.63, 3.8) is 0 Å². The number of hydrogen-bond donors (Lipinski definition) is 1. The summed E-state index contributed by atoms with van der Waals surface area (Å²) in [4.78, 5) is 21.0. The van der Waals surface area contributed by atoms with E-state index in [0.29, 0.717) is 6.54 Å². The van der Waals surface area contributed by atoms with Crippen molar-refractivity contribution < 1.29 is 9.53 Å². The van der Waals surface area contributed by atoms with Gasteiger partial charge in [-0.05, 0) is 43.1 Å². The monoisotopic (exact) mass is 419 g/mol. The molecule has 0 radical (unpaired) electrons. The second kappa shape index (κ2) is 9.75. The van der Waals surface area contributed by atoms with Crippen LogP contribution in [0.3, 0.4) is 0 Å². The number of methoxy groups -OCH3 is 1. The topological polar surface area (TPSA) is 74.3 Å². The van der Waals surface area contributed by atoms with Crippen molar-refractivity contribution >= 4 is 5.91 Å². The molecule has 1 unspecified atom stereocenters. The zero-order valence-corrected chi connectivity index (χ0v) is 18.1. The maximum Gasteiger partial charge on any atom is 0.220 e. The van der Waals surface area contributed by atoms with Crippen molar-refractivity contribution in [1.29, 1.82) is 0 Å². The molecule has 3 heterocycles. The largest absolute Gasteiger partial charge is 0.497 e. The number of amides is 1. The van der Waals surface area contributed by atoms with E-state index in [1.165, 1.54) is 0 Å². The molecule has 1 amide bonds. The summed E-state index contributed by atoms with van der Waals surface area (Å²) in [5.41, 5.74) is 4.28. The van der Waals surface area contributed by atoms with E-state index in [1.54, 1.807) is 20.2 Å². The molecular formula is C24H29N5O2.